The van der Waals surface area contributed by atoms with E-state index in [9.17, 15) is 0 Å². The molecule has 274 valence electrons. The Morgan fingerprint density at radius 1 is 0.237 bits per heavy atom. The monoisotopic (exact) mass is 749 g/mol. The molecule has 1 aliphatic rings. The molecule has 0 saturated carbocycles. The predicted molar refractivity (Wildman–Crippen MR) is 249 cm³/mol. The summed E-state index contributed by atoms with van der Waals surface area (Å²) in [5.41, 5.74) is 15.4. The molecule has 0 radical (unpaired) electrons. The van der Waals surface area contributed by atoms with Crippen molar-refractivity contribution in [2.75, 3.05) is 4.90 Å². The molecule has 0 atom stereocenters. The highest BCUT2D eigenvalue weighted by Crippen LogP contribution is 2.52. The van der Waals surface area contributed by atoms with Crippen molar-refractivity contribution in [3.05, 3.63) is 212 Å². The second kappa shape index (κ2) is 12.3. The Kier molecular flexibility index (Phi) is 6.72. The predicted octanol–water partition coefficient (Wildman–Crippen LogP) is 15.3. The molecule has 3 nitrogen and oxygen atoms in total. The summed E-state index contributed by atoms with van der Waals surface area (Å²) in [6.07, 6.45) is 0. The topological polar surface area (TPSA) is 13.1 Å². The first-order valence-electron chi connectivity index (χ1n) is 20.3. The molecule has 13 rings (SSSR count). The van der Waals surface area contributed by atoms with E-state index in [2.05, 4.69) is 226 Å². The van der Waals surface area contributed by atoms with Crippen LogP contribution in [0.15, 0.2) is 212 Å². The lowest BCUT2D eigenvalue weighted by atomic mass is 9.93. The van der Waals surface area contributed by atoms with Crippen LogP contribution in [0.3, 0.4) is 0 Å². The minimum Gasteiger partial charge on any atom is -0.309 e. The van der Waals surface area contributed by atoms with Crippen molar-refractivity contribution >= 4 is 82.2 Å². The van der Waals surface area contributed by atoms with Crippen LogP contribution < -0.4 is 4.90 Å². The number of benzene rings is 10. The number of hydrogen-bond donors (Lipinski definition) is 0. The summed E-state index contributed by atoms with van der Waals surface area (Å²) in [6, 6.07) is 78.3. The van der Waals surface area contributed by atoms with Crippen molar-refractivity contribution in [3.63, 3.8) is 0 Å². The summed E-state index contributed by atoms with van der Waals surface area (Å²) in [4.78, 5) is 2.48. The molecule has 0 bridgehead atoms. The molecule has 1 aliphatic heterocycles. The van der Waals surface area contributed by atoms with Gasteiger partial charge in [0.2, 0.25) is 0 Å². The molecule has 3 heteroatoms. The second-order valence-corrected chi connectivity index (χ2v) is 15.8. The average molecular weight is 750 g/mol. The molecule has 10 aromatic carbocycles. The van der Waals surface area contributed by atoms with Gasteiger partial charge in [-0.2, -0.15) is 0 Å². The fourth-order valence-electron chi connectivity index (χ4n) is 9.95. The van der Waals surface area contributed by atoms with Crippen LogP contribution in [-0.4, -0.2) is 9.13 Å². The molecule has 12 aromatic rings. The van der Waals surface area contributed by atoms with E-state index in [1.54, 1.807) is 0 Å². The fourth-order valence-corrected chi connectivity index (χ4v) is 9.95. The van der Waals surface area contributed by atoms with Gasteiger partial charge in [0.1, 0.15) is 0 Å². The van der Waals surface area contributed by atoms with Gasteiger partial charge >= 0.3 is 0 Å². The van der Waals surface area contributed by atoms with Gasteiger partial charge in [-0.25, -0.2) is 0 Å². The Bertz CT molecular complexity index is 3680. The number of aromatic nitrogens is 2. The summed E-state index contributed by atoms with van der Waals surface area (Å²) in [6.45, 7) is 0. The summed E-state index contributed by atoms with van der Waals surface area (Å²) < 4.78 is 4.91. The Morgan fingerprint density at radius 3 is 1.51 bits per heavy atom. The van der Waals surface area contributed by atoms with Crippen molar-refractivity contribution in [2.45, 2.75) is 0 Å². The number of nitrogens with zero attached hydrogens (tertiary/aromatic N) is 3. The van der Waals surface area contributed by atoms with Crippen LogP contribution in [0.1, 0.15) is 0 Å². The van der Waals surface area contributed by atoms with Gasteiger partial charge in [-0.05, 0) is 105 Å². The molecule has 0 aliphatic carbocycles. The molecule has 0 fully saturated rings. The molecule has 0 spiro atoms. The lowest BCUT2D eigenvalue weighted by Crippen LogP contribution is -2.11. The van der Waals surface area contributed by atoms with Crippen LogP contribution in [0, 0.1) is 0 Å². The molecule has 0 unspecified atom stereocenters. The number of fused-ring (bicyclic) bond motifs is 13. The first-order chi connectivity index (χ1) is 29.3. The van der Waals surface area contributed by atoms with E-state index in [0.29, 0.717) is 0 Å². The largest absolute Gasteiger partial charge is 0.309 e. The van der Waals surface area contributed by atoms with E-state index in [4.69, 9.17) is 0 Å². The average Bonchev–Trinajstić information content (AvgIpc) is 3.76. The first-order valence-corrected chi connectivity index (χ1v) is 20.3. The molecule has 2 aromatic heterocycles. The number of rotatable bonds is 3. The van der Waals surface area contributed by atoms with E-state index in [-0.39, 0.29) is 0 Å². The van der Waals surface area contributed by atoms with Crippen LogP contribution in [0.4, 0.5) is 17.1 Å². The van der Waals surface area contributed by atoms with Crippen molar-refractivity contribution in [3.8, 4) is 33.6 Å². The summed E-state index contributed by atoms with van der Waals surface area (Å²) >= 11 is 0. The zero-order valence-corrected chi connectivity index (χ0v) is 32.0. The van der Waals surface area contributed by atoms with Crippen LogP contribution in [-0.2, 0) is 0 Å². The Morgan fingerprint density at radius 2 is 0.746 bits per heavy atom. The van der Waals surface area contributed by atoms with Crippen LogP contribution in [0.25, 0.3) is 98.8 Å². The Hall–Kier alpha value is -7.88. The SMILES string of the molecule is c1ccc(-n2c3cc(N4c5ccccc5-c5ccccc5-c5cc6ccccc6cc54)ccc3c3ccc(-n4c5ccccc5c5cc6ccccc6cc54)cc32)cc1. The number of para-hydroxylation sites is 3. The molecule has 0 saturated heterocycles. The van der Waals surface area contributed by atoms with E-state index in [0.717, 1.165) is 28.3 Å². The first kappa shape index (κ1) is 32.2. The third kappa shape index (κ3) is 4.70. The van der Waals surface area contributed by atoms with Gasteiger partial charge in [-0.1, -0.05) is 140 Å². The molecule has 59 heavy (non-hydrogen) atoms. The molecule has 3 heterocycles. The maximum absolute atomic E-state index is 2.48. The third-order valence-corrected chi connectivity index (χ3v) is 12.6. The second-order valence-electron chi connectivity index (χ2n) is 15.8. The lowest BCUT2D eigenvalue weighted by Gasteiger charge is -2.28. The van der Waals surface area contributed by atoms with Crippen LogP contribution in [0.2, 0.25) is 0 Å². The zero-order valence-electron chi connectivity index (χ0n) is 32.0. The Labute approximate surface area is 340 Å². The van der Waals surface area contributed by atoms with Gasteiger partial charge in [-0.15, -0.1) is 0 Å². The summed E-state index contributed by atoms with van der Waals surface area (Å²) in [5.74, 6) is 0. The third-order valence-electron chi connectivity index (χ3n) is 12.6. The van der Waals surface area contributed by atoms with Gasteiger partial charge in [-0.3, -0.25) is 0 Å². The van der Waals surface area contributed by atoms with Crippen molar-refractivity contribution < 1.29 is 0 Å². The standard InChI is InChI=1S/C56H35N3/c1-2-18-40(19-3-1)57-55-34-41(58-51-24-12-10-22-45(51)43-20-8-9-21-44(43)49-30-36-14-4-6-16-38(36)32-53(49)58)26-28-47(55)48-29-27-42(35-56(48)57)59-52-25-13-11-23-46(52)50-31-37-15-5-7-17-39(37)33-54(50)59/h1-35H. The molecular formula is C56H35N3. The highest BCUT2D eigenvalue weighted by atomic mass is 15.2. The number of hydrogen-bond acceptors (Lipinski definition) is 1. The summed E-state index contributed by atoms with van der Waals surface area (Å²) in [7, 11) is 0. The fraction of sp³-hybridized carbons (Fsp3) is 0. The Balaban J connectivity index is 1.09. The molecule has 0 amide bonds. The van der Waals surface area contributed by atoms with Gasteiger partial charge in [0.15, 0.2) is 0 Å². The van der Waals surface area contributed by atoms with Gasteiger partial charge in [0, 0.05) is 49.7 Å². The smallest absolute Gasteiger partial charge is 0.0561 e. The zero-order chi connectivity index (χ0) is 38.6. The maximum Gasteiger partial charge on any atom is 0.0561 e. The lowest BCUT2D eigenvalue weighted by molar-refractivity contribution is 1.15. The van der Waals surface area contributed by atoms with E-state index in [1.807, 2.05) is 0 Å². The maximum atomic E-state index is 2.48. The van der Waals surface area contributed by atoms with Crippen LogP contribution >= 0.6 is 0 Å². The van der Waals surface area contributed by atoms with E-state index in [1.165, 1.54) is 87.6 Å². The van der Waals surface area contributed by atoms with Gasteiger partial charge in [0.05, 0.1) is 33.4 Å². The normalized spacial score (nSPS) is 12.4. The van der Waals surface area contributed by atoms with Crippen molar-refractivity contribution in [1.82, 2.24) is 9.13 Å². The minimum absolute atomic E-state index is 1.11. The quantitative estimate of drug-likeness (QED) is 0.175. The van der Waals surface area contributed by atoms with E-state index < -0.39 is 0 Å². The highest BCUT2D eigenvalue weighted by molar-refractivity contribution is 6.15. The highest BCUT2D eigenvalue weighted by Gasteiger charge is 2.27. The van der Waals surface area contributed by atoms with Gasteiger partial charge < -0.3 is 14.0 Å². The number of anilines is 3. The van der Waals surface area contributed by atoms with Crippen molar-refractivity contribution in [2.24, 2.45) is 0 Å². The van der Waals surface area contributed by atoms with Crippen molar-refractivity contribution in [1.29, 1.82) is 0 Å². The van der Waals surface area contributed by atoms with E-state index >= 15 is 0 Å². The molecular weight excluding hydrogens is 715 g/mol. The summed E-state index contributed by atoms with van der Waals surface area (Å²) in [5, 5.41) is 9.92. The molecule has 0 N–H and O–H groups in total. The minimum atomic E-state index is 1.11. The van der Waals surface area contributed by atoms with Gasteiger partial charge in [0.25, 0.3) is 0 Å². The van der Waals surface area contributed by atoms with Crippen LogP contribution in [0.5, 0.6) is 0 Å².